The first kappa shape index (κ1) is 13.0. The molecule has 0 aliphatic heterocycles. The van der Waals surface area contributed by atoms with Crippen LogP contribution in [0.15, 0.2) is 24.3 Å². The second-order valence-corrected chi connectivity index (χ2v) is 3.65. The molecule has 0 aliphatic rings. The van der Waals surface area contributed by atoms with Gasteiger partial charge in [0.05, 0.1) is 6.61 Å². The number of rotatable bonds is 6. The van der Waals surface area contributed by atoms with Gasteiger partial charge in [0, 0.05) is 17.3 Å². The largest absolute Gasteiger partial charge is 0.370 e. The second-order valence-electron chi connectivity index (χ2n) is 3.21. The Bertz CT molecular complexity index is 345. The third kappa shape index (κ3) is 5.11. The molecule has 0 aliphatic carbocycles. The van der Waals surface area contributed by atoms with E-state index in [0.29, 0.717) is 17.3 Å². The summed E-state index contributed by atoms with van der Waals surface area (Å²) in [6.45, 7) is 1.29. The van der Waals surface area contributed by atoms with E-state index in [0.717, 1.165) is 6.54 Å². The minimum atomic E-state index is -0.182. The van der Waals surface area contributed by atoms with Gasteiger partial charge in [-0.1, -0.05) is 17.7 Å². The number of nitrogens with one attached hydrogen (secondary N) is 2. The van der Waals surface area contributed by atoms with E-state index in [1.54, 1.807) is 24.3 Å². The van der Waals surface area contributed by atoms with E-state index in [9.17, 15) is 4.79 Å². The molecular weight excluding hydrogens is 228 g/mol. The SMILES string of the molecule is CNCCOCC(=O)Nc1cccc(Cl)c1. The molecule has 0 atom stereocenters. The molecule has 0 fully saturated rings. The zero-order chi connectivity index (χ0) is 11.8. The molecule has 1 amide bonds. The average molecular weight is 243 g/mol. The Morgan fingerprint density at radius 1 is 1.50 bits per heavy atom. The highest BCUT2D eigenvalue weighted by Gasteiger charge is 2.02. The van der Waals surface area contributed by atoms with E-state index < -0.39 is 0 Å². The fourth-order valence-electron chi connectivity index (χ4n) is 1.10. The lowest BCUT2D eigenvalue weighted by atomic mass is 10.3. The monoisotopic (exact) mass is 242 g/mol. The van der Waals surface area contributed by atoms with Gasteiger partial charge in [-0.15, -0.1) is 0 Å². The van der Waals surface area contributed by atoms with Crippen LogP contribution in [0, 0.1) is 0 Å². The van der Waals surface area contributed by atoms with Crippen molar-refractivity contribution in [2.75, 3.05) is 32.1 Å². The van der Waals surface area contributed by atoms with Crippen LogP contribution in [0.3, 0.4) is 0 Å². The fraction of sp³-hybridized carbons (Fsp3) is 0.364. The lowest BCUT2D eigenvalue weighted by Crippen LogP contribution is -2.21. The number of halogens is 1. The molecule has 0 saturated heterocycles. The minimum Gasteiger partial charge on any atom is -0.370 e. The highest BCUT2D eigenvalue weighted by Crippen LogP contribution is 2.14. The highest BCUT2D eigenvalue weighted by atomic mass is 35.5. The zero-order valence-electron chi connectivity index (χ0n) is 9.13. The van der Waals surface area contributed by atoms with Gasteiger partial charge in [-0.05, 0) is 25.2 Å². The van der Waals surface area contributed by atoms with Crippen molar-refractivity contribution in [3.63, 3.8) is 0 Å². The highest BCUT2D eigenvalue weighted by molar-refractivity contribution is 6.30. The number of carbonyl (C=O) groups is 1. The summed E-state index contributed by atoms with van der Waals surface area (Å²) in [5, 5.41) is 6.21. The number of hydrogen-bond donors (Lipinski definition) is 2. The van der Waals surface area contributed by atoms with Gasteiger partial charge in [-0.2, -0.15) is 0 Å². The van der Waals surface area contributed by atoms with E-state index in [-0.39, 0.29) is 12.5 Å². The first-order chi connectivity index (χ1) is 7.72. The van der Waals surface area contributed by atoms with E-state index in [4.69, 9.17) is 16.3 Å². The molecule has 0 radical (unpaired) electrons. The number of anilines is 1. The number of amides is 1. The Kier molecular flexibility index (Phi) is 5.85. The Hall–Kier alpha value is -1.10. The molecule has 2 N–H and O–H groups in total. The molecule has 1 aromatic carbocycles. The molecule has 0 unspecified atom stereocenters. The Morgan fingerprint density at radius 2 is 2.31 bits per heavy atom. The zero-order valence-corrected chi connectivity index (χ0v) is 9.88. The lowest BCUT2D eigenvalue weighted by Gasteiger charge is -2.06. The fourth-order valence-corrected chi connectivity index (χ4v) is 1.29. The topological polar surface area (TPSA) is 50.4 Å². The van der Waals surface area contributed by atoms with Crippen molar-refractivity contribution < 1.29 is 9.53 Å². The lowest BCUT2D eigenvalue weighted by molar-refractivity contribution is -0.120. The molecule has 1 rings (SSSR count). The maximum atomic E-state index is 11.4. The van der Waals surface area contributed by atoms with E-state index >= 15 is 0 Å². The predicted molar refractivity (Wildman–Crippen MR) is 64.8 cm³/mol. The minimum absolute atomic E-state index is 0.0498. The first-order valence-corrected chi connectivity index (χ1v) is 5.38. The van der Waals surface area contributed by atoms with Crippen LogP contribution in [0.4, 0.5) is 5.69 Å². The Labute approximate surface area is 99.9 Å². The standard InChI is InChI=1S/C11H15ClN2O2/c1-13-5-6-16-8-11(15)14-10-4-2-3-9(12)7-10/h2-4,7,13H,5-6,8H2,1H3,(H,14,15). The van der Waals surface area contributed by atoms with Crippen LogP contribution in [0.5, 0.6) is 0 Å². The summed E-state index contributed by atoms with van der Waals surface area (Å²) in [7, 11) is 1.83. The summed E-state index contributed by atoms with van der Waals surface area (Å²) in [6, 6.07) is 6.99. The van der Waals surface area contributed by atoms with Crippen LogP contribution in [0.1, 0.15) is 0 Å². The van der Waals surface area contributed by atoms with Gasteiger partial charge < -0.3 is 15.4 Å². The first-order valence-electron chi connectivity index (χ1n) is 5.00. The number of hydrogen-bond acceptors (Lipinski definition) is 3. The molecule has 0 aromatic heterocycles. The van der Waals surface area contributed by atoms with Gasteiger partial charge in [0.1, 0.15) is 6.61 Å². The third-order valence-corrected chi connectivity index (χ3v) is 2.07. The number of carbonyl (C=O) groups excluding carboxylic acids is 1. The molecule has 5 heteroatoms. The molecule has 0 heterocycles. The van der Waals surface area contributed by atoms with E-state index in [1.165, 1.54) is 0 Å². The molecule has 0 saturated carbocycles. The summed E-state index contributed by atoms with van der Waals surface area (Å²) < 4.78 is 5.13. The normalized spacial score (nSPS) is 10.1. The number of ether oxygens (including phenoxy) is 1. The predicted octanol–water partition coefficient (Wildman–Crippen LogP) is 1.51. The summed E-state index contributed by atoms with van der Waals surface area (Å²) in [6.07, 6.45) is 0. The van der Waals surface area contributed by atoms with Gasteiger partial charge in [0.2, 0.25) is 5.91 Å². The van der Waals surface area contributed by atoms with E-state index in [1.807, 2.05) is 7.05 Å². The third-order valence-electron chi connectivity index (χ3n) is 1.84. The van der Waals surface area contributed by atoms with Crippen molar-refractivity contribution in [1.82, 2.24) is 5.32 Å². The van der Waals surface area contributed by atoms with Gasteiger partial charge in [0.15, 0.2) is 0 Å². The quantitative estimate of drug-likeness (QED) is 0.744. The Balaban J connectivity index is 2.29. The van der Waals surface area contributed by atoms with Crippen molar-refractivity contribution in [2.45, 2.75) is 0 Å². The van der Waals surface area contributed by atoms with Crippen LogP contribution in [-0.4, -0.2) is 32.7 Å². The molecule has 0 bridgehead atoms. The molecular formula is C11H15ClN2O2. The molecule has 88 valence electrons. The van der Waals surface area contributed by atoms with Crippen LogP contribution >= 0.6 is 11.6 Å². The summed E-state index contributed by atoms with van der Waals surface area (Å²) in [5.41, 5.74) is 0.676. The smallest absolute Gasteiger partial charge is 0.250 e. The van der Waals surface area contributed by atoms with Crippen LogP contribution in [0.2, 0.25) is 5.02 Å². The van der Waals surface area contributed by atoms with Gasteiger partial charge in [-0.3, -0.25) is 4.79 Å². The van der Waals surface area contributed by atoms with E-state index in [2.05, 4.69) is 10.6 Å². The van der Waals surface area contributed by atoms with Gasteiger partial charge >= 0.3 is 0 Å². The van der Waals surface area contributed by atoms with Crippen molar-refractivity contribution in [3.8, 4) is 0 Å². The van der Waals surface area contributed by atoms with Crippen LogP contribution < -0.4 is 10.6 Å². The van der Waals surface area contributed by atoms with Crippen molar-refractivity contribution in [3.05, 3.63) is 29.3 Å². The molecule has 1 aromatic rings. The average Bonchev–Trinajstić information content (AvgIpc) is 2.24. The summed E-state index contributed by atoms with van der Waals surface area (Å²) in [5.74, 6) is -0.182. The van der Waals surface area contributed by atoms with Crippen molar-refractivity contribution in [1.29, 1.82) is 0 Å². The molecule has 0 spiro atoms. The van der Waals surface area contributed by atoms with Gasteiger partial charge in [-0.25, -0.2) is 0 Å². The van der Waals surface area contributed by atoms with Crippen LogP contribution in [0.25, 0.3) is 0 Å². The van der Waals surface area contributed by atoms with Crippen molar-refractivity contribution in [2.24, 2.45) is 0 Å². The number of benzene rings is 1. The van der Waals surface area contributed by atoms with Crippen LogP contribution in [-0.2, 0) is 9.53 Å². The maximum absolute atomic E-state index is 11.4. The molecule has 4 nitrogen and oxygen atoms in total. The maximum Gasteiger partial charge on any atom is 0.250 e. The Morgan fingerprint density at radius 3 is 3.00 bits per heavy atom. The molecule has 16 heavy (non-hydrogen) atoms. The summed E-state index contributed by atoms with van der Waals surface area (Å²) in [4.78, 5) is 11.4. The van der Waals surface area contributed by atoms with Crippen molar-refractivity contribution >= 4 is 23.2 Å². The second kappa shape index (κ2) is 7.22. The number of likely N-dealkylation sites (N-methyl/N-ethyl adjacent to an activating group) is 1. The van der Waals surface area contributed by atoms with Gasteiger partial charge in [0.25, 0.3) is 0 Å². The summed E-state index contributed by atoms with van der Waals surface area (Å²) >= 11 is 5.78.